The summed E-state index contributed by atoms with van der Waals surface area (Å²) in [5, 5.41) is 11.8. The van der Waals surface area contributed by atoms with Crippen molar-refractivity contribution in [2.45, 2.75) is 5.41 Å². The first kappa shape index (κ1) is 32.3. The molecule has 5 heteroatoms. The zero-order chi connectivity index (χ0) is 38.4. The second-order valence-electron chi connectivity index (χ2n) is 15.1. The largest absolute Gasteiger partial charge is 0.278 e. The molecule has 0 amide bonds. The highest BCUT2D eigenvalue weighted by Gasteiger charge is 2.51. The molecule has 2 aliphatic rings. The van der Waals surface area contributed by atoms with E-state index in [1.165, 1.54) is 44.5 Å². The number of nitrogens with zero attached hydrogens (tertiary/aromatic N) is 5. The SMILES string of the molecule is N#Cc1cccc(-c2ccc(-c3nc(-c4ccccc4)nc(-n4c5ccccc5c5cc6c(cc54)C4(c5ccccc5-c5ccccc54)c4ccccc4-6)n3)cc2)c1. The fourth-order valence-corrected chi connectivity index (χ4v) is 9.66. The van der Waals surface area contributed by atoms with E-state index in [0.717, 1.165) is 44.1 Å². The summed E-state index contributed by atoms with van der Waals surface area (Å²) in [5.41, 5.74) is 16.2. The van der Waals surface area contributed by atoms with E-state index < -0.39 is 5.41 Å². The minimum absolute atomic E-state index is 0.484. The molecule has 2 heterocycles. The molecule has 58 heavy (non-hydrogen) atoms. The van der Waals surface area contributed by atoms with Crippen LogP contribution in [-0.2, 0) is 5.41 Å². The molecule has 0 bridgehead atoms. The highest BCUT2D eigenvalue weighted by Crippen LogP contribution is 2.63. The molecule has 10 aromatic rings. The van der Waals surface area contributed by atoms with E-state index in [1.807, 2.05) is 54.6 Å². The number of rotatable bonds is 4. The zero-order valence-electron chi connectivity index (χ0n) is 31.1. The lowest BCUT2D eigenvalue weighted by Crippen LogP contribution is -2.25. The Morgan fingerprint density at radius 1 is 0.397 bits per heavy atom. The van der Waals surface area contributed by atoms with Crippen molar-refractivity contribution in [2.24, 2.45) is 0 Å². The molecule has 268 valence electrons. The average molecular weight is 738 g/mol. The monoisotopic (exact) mass is 737 g/mol. The zero-order valence-corrected chi connectivity index (χ0v) is 31.1. The van der Waals surface area contributed by atoms with Gasteiger partial charge in [0.1, 0.15) is 0 Å². The highest BCUT2D eigenvalue weighted by molar-refractivity contribution is 6.12. The van der Waals surface area contributed by atoms with Crippen LogP contribution in [0, 0.1) is 11.3 Å². The number of nitriles is 1. The number of para-hydroxylation sites is 1. The lowest BCUT2D eigenvalue weighted by atomic mass is 9.70. The number of aromatic nitrogens is 4. The smallest absolute Gasteiger partial charge is 0.238 e. The molecule has 2 aliphatic carbocycles. The summed E-state index contributed by atoms with van der Waals surface area (Å²) in [6.45, 7) is 0. The van der Waals surface area contributed by atoms with Gasteiger partial charge < -0.3 is 0 Å². The van der Waals surface area contributed by atoms with Gasteiger partial charge in [-0.3, -0.25) is 4.57 Å². The van der Waals surface area contributed by atoms with Crippen molar-refractivity contribution in [3.8, 4) is 68.2 Å². The number of benzene rings is 8. The summed E-state index contributed by atoms with van der Waals surface area (Å²) in [5.74, 6) is 1.73. The van der Waals surface area contributed by atoms with Crippen molar-refractivity contribution >= 4 is 21.8 Å². The van der Waals surface area contributed by atoms with Crippen LogP contribution in [-0.4, -0.2) is 19.5 Å². The summed E-state index contributed by atoms with van der Waals surface area (Å²) in [7, 11) is 0. The molecule has 5 nitrogen and oxygen atoms in total. The molecule has 12 rings (SSSR count). The van der Waals surface area contributed by atoms with Crippen LogP contribution in [0.5, 0.6) is 0 Å². The summed E-state index contributed by atoms with van der Waals surface area (Å²) in [6, 6.07) is 68.5. The maximum Gasteiger partial charge on any atom is 0.238 e. The lowest BCUT2D eigenvalue weighted by Gasteiger charge is -2.30. The third kappa shape index (κ3) is 4.48. The highest BCUT2D eigenvalue weighted by atomic mass is 15.2. The van der Waals surface area contributed by atoms with Gasteiger partial charge in [-0.2, -0.15) is 15.2 Å². The van der Waals surface area contributed by atoms with Crippen molar-refractivity contribution in [2.75, 3.05) is 0 Å². The first-order chi connectivity index (χ1) is 28.7. The normalized spacial score (nSPS) is 12.9. The second-order valence-corrected chi connectivity index (χ2v) is 15.1. The second kappa shape index (κ2) is 12.3. The van der Waals surface area contributed by atoms with Crippen molar-refractivity contribution < 1.29 is 0 Å². The van der Waals surface area contributed by atoms with E-state index in [-0.39, 0.29) is 0 Å². The van der Waals surface area contributed by atoms with Crippen molar-refractivity contribution in [3.63, 3.8) is 0 Å². The van der Waals surface area contributed by atoms with Gasteiger partial charge in [0.25, 0.3) is 0 Å². The molecule has 1 spiro atoms. The summed E-state index contributed by atoms with van der Waals surface area (Å²) in [6.07, 6.45) is 0. The number of fused-ring (bicyclic) bond motifs is 13. The molecule has 0 saturated heterocycles. The molecular formula is C53H31N5. The van der Waals surface area contributed by atoms with Crippen molar-refractivity contribution in [1.29, 1.82) is 5.26 Å². The van der Waals surface area contributed by atoms with Crippen LogP contribution in [0.15, 0.2) is 188 Å². The van der Waals surface area contributed by atoms with Crippen LogP contribution >= 0.6 is 0 Å². The van der Waals surface area contributed by atoms with Gasteiger partial charge in [0.05, 0.1) is 28.1 Å². The maximum absolute atomic E-state index is 9.50. The van der Waals surface area contributed by atoms with Gasteiger partial charge in [0.15, 0.2) is 11.6 Å². The minimum atomic E-state index is -0.484. The molecule has 2 aromatic heterocycles. The van der Waals surface area contributed by atoms with Crippen molar-refractivity contribution in [1.82, 2.24) is 19.5 Å². The van der Waals surface area contributed by atoms with Gasteiger partial charge in [-0.15, -0.1) is 0 Å². The van der Waals surface area contributed by atoms with Crippen LogP contribution in [0.1, 0.15) is 27.8 Å². The van der Waals surface area contributed by atoms with Gasteiger partial charge in [-0.05, 0) is 86.0 Å². The topological polar surface area (TPSA) is 67.4 Å². The first-order valence-electron chi connectivity index (χ1n) is 19.5. The lowest BCUT2D eigenvalue weighted by molar-refractivity contribution is 0.794. The summed E-state index contributed by atoms with van der Waals surface area (Å²) >= 11 is 0. The van der Waals surface area contributed by atoms with Crippen LogP contribution < -0.4 is 0 Å². The van der Waals surface area contributed by atoms with E-state index in [1.54, 1.807) is 0 Å². The van der Waals surface area contributed by atoms with Gasteiger partial charge in [0.2, 0.25) is 5.95 Å². The average Bonchev–Trinajstić information content (AvgIpc) is 3.90. The van der Waals surface area contributed by atoms with E-state index in [2.05, 4.69) is 144 Å². The van der Waals surface area contributed by atoms with Gasteiger partial charge in [-0.25, -0.2) is 4.98 Å². The van der Waals surface area contributed by atoms with Crippen LogP contribution in [0.3, 0.4) is 0 Å². The Bertz CT molecular complexity index is 3310. The molecular weight excluding hydrogens is 707 g/mol. The first-order valence-corrected chi connectivity index (χ1v) is 19.5. The van der Waals surface area contributed by atoms with Crippen molar-refractivity contribution in [3.05, 3.63) is 216 Å². The van der Waals surface area contributed by atoms with Gasteiger partial charge in [-0.1, -0.05) is 158 Å². The standard InChI is InChI=1S/C53H31N5/c54-32-33-13-12-16-37(29-33)34-25-27-36(28-26-34)51-55-50(35-14-2-1-3-15-35)56-52(57-51)58-48-24-11-7-20-41(48)43-30-42-40-19-6-10-23-46(40)53(47(42)31-49(43)58)44-21-8-4-17-38(44)39-18-5-9-22-45(39)53/h1-31H. The summed E-state index contributed by atoms with van der Waals surface area (Å²) in [4.78, 5) is 15.6. The predicted octanol–water partition coefficient (Wildman–Crippen LogP) is 12.2. The Kier molecular flexibility index (Phi) is 6.84. The molecule has 0 unspecified atom stereocenters. The van der Waals surface area contributed by atoms with Crippen LogP contribution in [0.25, 0.3) is 83.9 Å². The van der Waals surface area contributed by atoms with Crippen LogP contribution in [0.2, 0.25) is 0 Å². The number of hydrogen-bond acceptors (Lipinski definition) is 4. The third-order valence-electron chi connectivity index (χ3n) is 12.1. The fourth-order valence-electron chi connectivity index (χ4n) is 9.66. The molecule has 8 aromatic carbocycles. The van der Waals surface area contributed by atoms with Gasteiger partial charge >= 0.3 is 0 Å². The molecule has 0 fully saturated rings. The number of hydrogen-bond donors (Lipinski definition) is 0. The Morgan fingerprint density at radius 3 is 1.62 bits per heavy atom. The maximum atomic E-state index is 9.50. The third-order valence-corrected chi connectivity index (χ3v) is 12.1. The quantitative estimate of drug-likeness (QED) is 0.180. The predicted molar refractivity (Wildman–Crippen MR) is 231 cm³/mol. The molecule has 0 saturated carbocycles. The van der Waals surface area contributed by atoms with E-state index in [0.29, 0.717) is 23.2 Å². The molecule has 0 aliphatic heterocycles. The Labute approximate surface area is 334 Å². The summed E-state index contributed by atoms with van der Waals surface area (Å²) < 4.78 is 2.23. The Hall–Kier alpha value is -7.94. The Balaban J connectivity index is 1.13. The molecule has 0 radical (unpaired) electrons. The van der Waals surface area contributed by atoms with E-state index in [4.69, 9.17) is 15.0 Å². The molecule has 0 atom stereocenters. The van der Waals surface area contributed by atoms with Gasteiger partial charge in [0, 0.05) is 21.9 Å². The fraction of sp³-hybridized carbons (Fsp3) is 0.0189. The van der Waals surface area contributed by atoms with Crippen LogP contribution in [0.4, 0.5) is 0 Å². The minimum Gasteiger partial charge on any atom is -0.278 e. The van der Waals surface area contributed by atoms with E-state index in [9.17, 15) is 5.26 Å². The Morgan fingerprint density at radius 2 is 0.948 bits per heavy atom. The van der Waals surface area contributed by atoms with E-state index >= 15 is 0 Å². The molecule has 0 N–H and O–H groups in total.